The van der Waals surface area contributed by atoms with E-state index in [1.807, 2.05) is 58.0 Å². The minimum atomic E-state index is -0.0277. The molecule has 0 spiro atoms. The van der Waals surface area contributed by atoms with Gasteiger partial charge in [-0.25, -0.2) is 4.98 Å². The van der Waals surface area contributed by atoms with E-state index in [1.165, 1.54) is 0 Å². The molecule has 0 aliphatic heterocycles. The second-order valence-corrected chi connectivity index (χ2v) is 6.64. The Morgan fingerprint density at radius 2 is 1.27 bits per heavy atom. The largest absolute Gasteiger partial charge is 0.493 e. The minimum Gasteiger partial charge on any atom is -0.493 e. The van der Waals surface area contributed by atoms with Crippen LogP contribution in [0.15, 0.2) is 36.4 Å². The molecule has 3 rings (SSSR count). The Hall–Kier alpha value is -3.15. The molecule has 0 aliphatic rings. The summed E-state index contributed by atoms with van der Waals surface area (Å²) < 4.78 is 22.9. The number of pyridine rings is 1. The first kappa shape index (κ1) is 21.6. The molecule has 0 atom stereocenters. The van der Waals surface area contributed by atoms with Crippen molar-refractivity contribution in [1.29, 1.82) is 0 Å². The second-order valence-electron chi connectivity index (χ2n) is 6.64. The molecular weight excluding hydrogens is 382 g/mol. The lowest BCUT2D eigenvalue weighted by Gasteiger charge is -2.15. The van der Waals surface area contributed by atoms with Crippen LogP contribution in [0.3, 0.4) is 0 Å². The summed E-state index contributed by atoms with van der Waals surface area (Å²) in [4.78, 5) is 4.40. The number of hydrogen-bond acceptors (Lipinski definition) is 6. The van der Waals surface area contributed by atoms with Gasteiger partial charge in [0.1, 0.15) is 0 Å². The van der Waals surface area contributed by atoms with Gasteiger partial charge in [0.15, 0.2) is 23.0 Å². The fraction of sp³-hybridized carbons (Fsp3) is 0.375. The van der Waals surface area contributed by atoms with Gasteiger partial charge in [-0.2, -0.15) is 0 Å². The van der Waals surface area contributed by atoms with Gasteiger partial charge >= 0.3 is 0 Å². The van der Waals surface area contributed by atoms with Crippen molar-refractivity contribution in [2.45, 2.75) is 34.1 Å². The van der Waals surface area contributed by atoms with Crippen LogP contribution >= 0.6 is 0 Å². The Morgan fingerprint density at radius 3 is 1.90 bits per heavy atom. The van der Waals surface area contributed by atoms with Crippen molar-refractivity contribution in [1.82, 2.24) is 4.98 Å². The molecule has 1 N–H and O–H groups in total. The maximum Gasteiger partial charge on any atom is 0.211 e. The zero-order valence-corrected chi connectivity index (χ0v) is 18.0. The summed E-state index contributed by atoms with van der Waals surface area (Å²) in [7, 11) is 0. The highest BCUT2D eigenvalue weighted by molar-refractivity contribution is 5.89. The zero-order valence-electron chi connectivity index (χ0n) is 18.0. The van der Waals surface area contributed by atoms with Crippen molar-refractivity contribution in [2.75, 3.05) is 26.4 Å². The summed E-state index contributed by atoms with van der Waals surface area (Å²) in [5, 5.41) is 12.0. The van der Waals surface area contributed by atoms with Crippen LogP contribution in [0.4, 0.5) is 0 Å². The van der Waals surface area contributed by atoms with Crippen molar-refractivity contribution < 1.29 is 24.1 Å². The fourth-order valence-electron chi connectivity index (χ4n) is 3.39. The molecule has 0 fully saturated rings. The summed E-state index contributed by atoms with van der Waals surface area (Å²) in [5.41, 5.74) is 1.76. The van der Waals surface area contributed by atoms with Gasteiger partial charge in [0.05, 0.1) is 32.1 Å². The predicted molar refractivity (Wildman–Crippen MR) is 117 cm³/mol. The van der Waals surface area contributed by atoms with Gasteiger partial charge in [0.25, 0.3) is 0 Å². The second kappa shape index (κ2) is 10.1. The topological polar surface area (TPSA) is 70.0 Å². The minimum absolute atomic E-state index is 0.0277. The molecule has 2 aromatic carbocycles. The smallest absolute Gasteiger partial charge is 0.211 e. The first-order valence-electron chi connectivity index (χ1n) is 10.4. The first-order chi connectivity index (χ1) is 14.6. The van der Waals surface area contributed by atoms with E-state index < -0.39 is 0 Å². The number of aromatic nitrogens is 1. The monoisotopic (exact) mass is 411 g/mol. The average molecular weight is 411 g/mol. The SMILES string of the molecule is CCOc1ccc(Cc2nc(O)cc3cc(OCC)c(OCC)cc23)cc1OCC. The quantitative estimate of drug-likeness (QED) is 0.499. The van der Waals surface area contributed by atoms with E-state index in [4.69, 9.17) is 18.9 Å². The Balaban J connectivity index is 2.05. The number of rotatable bonds is 10. The van der Waals surface area contributed by atoms with Gasteiger partial charge in [0, 0.05) is 17.9 Å². The van der Waals surface area contributed by atoms with Gasteiger partial charge in [0.2, 0.25) is 5.88 Å². The van der Waals surface area contributed by atoms with E-state index in [2.05, 4.69) is 4.98 Å². The van der Waals surface area contributed by atoms with Crippen LogP contribution in [0.2, 0.25) is 0 Å². The number of aromatic hydroxyl groups is 1. The highest BCUT2D eigenvalue weighted by atomic mass is 16.5. The van der Waals surface area contributed by atoms with E-state index >= 15 is 0 Å². The molecule has 0 amide bonds. The molecule has 0 saturated carbocycles. The lowest BCUT2D eigenvalue weighted by atomic mass is 10.0. The molecule has 160 valence electrons. The maximum atomic E-state index is 10.2. The molecule has 0 bridgehead atoms. The van der Waals surface area contributed by atoms with Crippen molar-refractivity contribution >= 4 is 10.8 Å². The highest BCUT2D eigenvalue weighted by Crippen LogP contribution is 2.36. The number of hydrogen-bond donors (Lipinski definition) is 1. The molecule has 0 radical (unpaired) electrons. The summed E-state index contributed by atoms with van der Waals surface area (Å²) in [5.74, 6) is 2.72. The lowest BCUT2D eigenvalue weighted by Crippen LogP contribution is -2.02. The van der Waals surface area contributed by atoms with Gasteiger partial charge < -0.3 is 24.1 Å². The Morgan fingerprint density at radius 1 is 0.700 bits per heavy atom. The standard InChI is InChI=1S/C24H29NO5/c1-5-27-20-10-9-16(12-21(20)28-6-2)11-19-18-15-23(30-8-4)22(29-7-3)13-17(18)14-24(26)25-19/h9-10,12-15H,5-8,11H2,1-4H3,(H,25,26). The summed E-state index contributed by atoms with van der Waals surface area (Å²) in [6.07, 6.45) is 0.525. The van der Waals surface area contributed by atoms with Gasteiger partial charge in [-0.05, 0) is 62.9 Å². The van der Waals surface area contributed by atoms with Crippen molar-refractivity contribution in [3.05, 3.63) is 47.7 Å². The molecular formula is C24H29NO5. The van der Waals surface area contributed by atoms with Crippen molar-refractivity contribution in [3.8, 4) is 28.9 Å². The molecule has 3 aromatic rings. The summed E-state index contributed by atoms with van der Waals surface area (Å²) in [6.45, 7) is 9.93. The molecule has 1 aromatic heterocycles. The van der Waals surface area contributed by atoms with Crippen molar-refractivity contribution in [3.63, 3.8) is 0 Å². The molecule has 0 aliphatic carbocycles. The van der Waals surface area contributed by atoms with Crippen LogP contribution < -0.4 is 18.9 Å². The van der Waals surface area contributed by atoms with Gasteiger partial charge in [-0.1, -0.05) is 6.07 Å². The third kappa shape index (κ3) is 4.87. The van der Waals surface area contributed by atoms with E-state index in [0.717, 1.165) is 27.8 Å². The van der Waals surface area contributed by atoms with E-state index in [0.29, 0.717) is 50.1 Å². The summed E-state index contributed by atoms with van der Waals surface area (Å²) in [6, 6.07) is 11.3. The third-order valence-corrected chi connectivity index (χ3v) is 4.54. The van der Waals surface area contributed by atoms with Crippen LogP contribution in [0.1, 0.15) is 39.0 Å². The number of fused-ring (bicyclic) bond motifs is 1. The molecule has 0 saturated heterocycles. The molecule has 1 heterocycles. The normalized spacial score (nSPS) is 10.8. The molecule has 6 heteroatoms. The molecule has 30 heavy (non-hydrogen) atoms. The van der Waals surface area contributed by atoms with Crippen LogP contribution in [0, 0.1) is 0 Å². The highest BCUT2D eigenvalue weighted by Gasteiger charge is 2.14. The Labute approximate surface area is 177 Å². The van der Waals surface area contributed by atoms with E-state index in [9.17, 15) is 5.11 Å². The van der Waals surface area contributed by atoms with E-state index in [-0.39, 0.29) is 5.88 Å². The fourth-order valence-corrected chi connectivity index (χ4v) is 3.39. The number of nitrogens with zero attached hydrogens (tertiary/aromatic N) is 1. The Bertz CT molecular complexity index is 1000. The van der Waals surface area contributed by atoms with E-state index in [1.54, 1.807) is 6.07 Å². The van der Waals surface area contributed by atoms with Gasteiger partial charge in [-0.3, -0.25) is 0 Å². The van der Waals surface area contributed by atoms with Gasteiger partial charge in [-0.15, -0.1) is 0 Å². The third-order valence-electron chi connectivity index (χ3n) is 4.54. The summed E-state index contributed by atoms with van der Waals surface area (Å²) >= 11 is 0. The van der Waals surface area contributed by atoms with Crippen LogP contribution in [0.25, 0.3) is 10.8 Å². The zero-order chi connectivity index (χ0) is 21.5. The maximum absolute atomic E-state index is 10.2. The van der Waals surface area contributed by atoms with Crippen LogP contribution in [0.5, 0.6) is 28.9 Å². The number of ether oxygens (including phenoxy) is 4. The lowest BCUT2D eigenvalue weighted by molar-refractivity contribution is 0.287. The van der Waals surface area contributed by atoms with Crippen LogP contribution in [-0.4, -0.2) is 36.5 Å². The average Bonchev–Trinajstić information content (AvgIpc) is 2.71. The molecule has 6 nitrogen and oxygen atoms in total. The Kier molecular flexibility index (Phi) is 7.22. The predicted octanol–water partition coefficient (Wildman–Crippen LogP) is 5.13. The van der Waals surface area contributed by atoms with Crippen molar-refractivity contribution in [2.24, 2.45) is 0 Å². The first-order valence-corrected chi connectivity index (χ1v) is 10.4. The number of benzene rings is 2. The molecule has 0 unspecified atom stereocenters. The van der Waals surface area contributed by atoms with Crippen LogP contribution in [-0.2, 0) is 6.42 Å².